The standard InChI is InChI=1S/C18H22ClN3O3/c1-10(22-12(3)18(13(4)23)11(2)21-22)8-17(24)20-15-9-14(19)6-7-16(15)25-5/h6-7,9-10H,8H2,1-5H3,(H,20,24). The number of rotatable bonds is 6. The predicted octanol–water partition coefficient (Wildman–Crippen LogP) is 3.95. The molecule has 25 heavy (non-hydrogen) atoms. The molecule has 1 heterocycles. The van der Waals surface area contributed by atoms with E-state index < -0.39 is 0 Å². The van der Waals surface area contributed by atoms with Crippen molar-refractivity contribution in [1.82, 2.24) is 9.78 Å². The third-order valence-electron chi connectivity index (χ3n) is 4.01. The lowest BCUT2D eigenvalue weighted by Crippen LogP contribution is -2.19. The Hall–Kier alpha value is -2.34. The van der Waals surface area contributed by atoms with Crippen LogP contribution in [0.25, 0.3) is 0 Å². The maximum absolute atomic E-state index is 12.4. The molecule has 7 heteroatoms. The molecule has 1 atom stereocenters. The molecule has 6 nitrogen and oxygen atoms in total. The van der Waals surface area contributed by atoms with Crippen molar-refractivity contribution in [2.45, 2.75) is 40.2 Å². The third kappa shape index (κ3) is 4.20. The first-order valence-electron chi connectivity index (χ1n) is 7.94. The summed E-state index contributed by atoms with van der Waals surface area (Å²) in [5.41, 5.74) is 2.58. The van der Waals surface area contributed by atoms with E-state index in [1.54, 1.807) is 29.8 Å². The number of hydrogen-bond donors (Lipinski definition) is 1. The summed E-state index contributed by atoms with van der Waals surface area (Å²) in [5.74, 6) is 0.321. The summed E-state index contributed by atoms with van der Waals surface area (Å²) >= 11 is 5.98. The largest absolute Gasteiger partial charge is 0.495 e. The van der Waals surface area contributed by atoms with Gasteiger partial charge in [-0.05, 0) is 45.9 Å². The molecule has 0 fully saturated rings. The van der Waals surface area contributed by atoms with Gasteiger partial charge in [-0.15, -0.1) is 0 Å². The normalized spacial score (nSPS) is 11.9. The van der Waals surface area contributed by atoms with Gasteiger partial charge in [0.2, 0.25) is 5.91 Å². The molecule has 0 bridgehead atoms. The van der Waals surface area contributed by atoms with Crippen LogP contribution in [0, 0.1) is 13.8 Å². The van der Waals surface area contributed by atoms with Crippen molar-refractivity contribution in [3.63, 3.8) is 0 Å². The SMILES string of the molecule is COc1ccc(Cl)cc1NC(=O)CC(C)n1nc(C)c(C(C)=O)c1C. The highest BCUT2D eigenvalue weighted by molar-refractivity contribution is 6.31. The van der Waals surface area contributed by atoms with Gasteiger partial charge < -0.3 is 10.1 Å². The number of amides is 1. The summed E-state index contributed by atoms with van der Waals surface area (Å²) < 4.78 is 6.95. The molecule has 1 unspecified atom stereocenters. The monoisotopic (exact) mass is 363 g/mol. The lowest BCUT2D eigenvalue weighted by atomic mass is 10.1. The third-order valence-corrected chi connectivity index (χ3v) is 4.25. The number of carbonyl (C=O) groups excluding carboxylic acids is 2. The molecule has 0 saturated carbocycles. The highest BCUT2D eigenvalue weighted by Gasteiger charge is 2.20. The molecule has 2 rings (SSSR count). The molecule has 134 valence electrons. The van der Waals surface area contributed by atoms with Gasteiger partial charge in [0.25, 0.3) is 0 Å². The quantitative estimate of drug-likeness (QED) is 0.788. The molecule has 1 N–H and O–H groups in total. The van der Waals surface area contributed by atoms with Crippen molar-refractivity contribution in [2.75, 3.05) is 12.4 Å². The Morgan fingerprint density at radius 3 is 2.60 bits per heavy atom. The van der Waals surface area contributed by atoms with Crippen LogP contribution in [0.15, 0.2) is 18.2 Å². The van der Waals surface area contributed by atoms with Crippen molar-refractivity contribution in [2.24, 2.45) is 0 Å². The van der Waals surface area contributed by atoms with Gasteiger partial charge >= 0.3 is 0 Å². The molecule has 0 radical (unpaired) electrons. The van der Waals surface area contributed by atoms with E-state index in [1.807, 2.05) is 13.8 Å². The fourth-order valence-corrected chi connectivity index (χ4v) is 3.11. The zero-order valence-electron chi connectivity index (χ0n) is 15.0. The van der Waals surface area contributed by atoms with Crippen LogP contribution in [-0.4, -0.2) is 28.6 Å². The van der Waals surface area contributed by atoms with Crippen LogP contribution in [0.3, 0.4) is 0 Å². The summed E-state index contributed by atoms with van der Waals surface area (Å²) in [6.07, 6.45) is 0.203. The molecule has 1 aromatic carbocycles. The minimum Gasteiger partial charge on any atom is -0.495 e. The van der Waals surface area contributed by atoms with Crippen LogP contribution in [-0.2, 0) is 4.79 Å². The number of nitrogens with one attached hydrogen (secondary N) is 1. The van der Waals surface area contributed by atoms with Crippen LogP contribution in [0.2, 0.25) is 5.02 Å². The van der Waals surface area contributed by atoms with E-state index in [0.29, 0.717) is 27.7 Å². The van der Waals surface area contributed by atoms with Crippen molar-refractivity contribution in [3.8, 4) is 5.75 Å². The summed E-state index contributed by atoms with van der Waals surface area (Å²) in [4.78, 5) is 24.1. The van der Waals surface area contributed by atoms with E-state index in [1.165, 1.54) is 14.0 Å². The summed E-state index contributed by atoms with van der Waals surface area (Å²) in [5, 5.41) is 7.73. The Balaban J connectivity index is 2.15. The number of aryl methyl sites for hydroxylation is 1. The second-order valence-corrected chi connectivity index (χ2v) is 6.43. The number of hydrogen-bond acceptors (Lipinski definition) is 4. The van der Waals surface area contributed by atoms with Gasteiger partial charge in [0.15, 0.2) is 5.78 Å². The summed E-state index contributed by atoms with van der Waals surface area (Å²) in [6.45, 7) is 7.04. The Kier molecular flexibility index (Phi) is 5.85. The van der Waals surface area contributed by atoms with E-state index in [0.717, 1.165) is 5.69 Å². The molecule has 1 amide bonds. The van der Waals surface area contributed by atoms with E-state index in [-0.39, 0.29) is 24.2 Å². The van der Waals surface area contributed by atoms with E-state index in [9.17, 15) is 9.59 Å². The Bertz CT molecular complexity index is 814. The first-order chi connectivity index (χ1) is 11.7. The van der Waals surface area contributed by atoms with Crippen molar-refractivity contribution in [1.29, 1.82) is 0 Å². The smallest absolute Gasteiger partial charge is 0.226 e. The summed E-state index contributed by atoms with van der Waals surface area (Å²) in [7, 11) is 1.53. The molecule has 0 aliphatic heterocycles. The second-order valence-electron chi connectivity index (χ2n) is 5.99. The Morgan fingerprint density at radius 1 is 1.36 bits per heavy atom. The maximum atomic E-state index is 12.4. The van der Waals surface area contributed by atoms with E-state index >= 15 is 0 Å². The minimum absolute atomic E-state index is 0.0263. The molecule has 0 aliphatic carbocycles. The molecular formula is C18H22ClN3O3. The second kappa shape index (κ2) is 7.70. The number of Topliss-reactive ketones (excluding diaryl/α,β-unsaturated/α-hetero) is 1. The zero-order chi connectivity index (χ0) is 18.7. The fraction of sp³-hybridized carbons (Fsp3) is 0.389. The van der Waals surface area contributed by atoms with Crippen LogP contribution in [0.4, 0.5) is 5.69 Å². The summed E-state index contributed by atoms with van der Waals surface area (Å²) in [6, 6.07) is 4.83. The Labute approximate surface area is 152 Å². The lowest BCUT2D eigenvalue weighted by molar-refractivity contribution is -0.116. The first kappa shape index (κ1) is 19.0. The number of ketones is 1. The Morgan fingerprint density at radius 2 is 2.04 bits per heavy atom. The number of methoxy groups -OCH3 is 1. The van der Waals surface area contributed by atoms with Gasteiger partial charge in [-0.25, -0.2) is 0 Å². The average molecular weight is 364 g/mol. The number of ether oxygens (including phenoxy) is 1. The maximum Gasteiger partial charge on any atom is 0.226 e. The molecule has 0 spiro atoms. The van der Waals surface area contributed by atoms with E-state index in [2.05, 4.69) is 10.4 Å². The van der Waals surface area contributed by atoms with Crippen LogP contribution < -0.4 is 10.1 Å². The van der Waals surface area contributed by atoms with Crippen molar-refractivity contribution in [3.05, 3.63) is 40.2 Å². The molecule has 1 aromatic heterocycles. The molecular weight excluding hydrogens is 342 g/mol. The van der Waals surface area contributed by atoms with Crippen molar-refractivity contribution >= 4 is 29.0 Å². The number of aromatic nitrogens is 2. The van der Waals surface area contributed by atoms with Gasteiger partial charge in [-0.2, -0.15) is 5.10 Å². The highest BCUT2D eigenvalue weighted by Crippen LogP contribution is 2.28. The number of nitrogens with zero attached hydrogens (tertiary/aromatic N) is 2. The highest BCUT2D eigenvalue weighted by atomic mass is 35.5. The van der Waals surface area contributed by atoms with Gasteiger partial charge in [0, 0.05) is 17.1 Å². The van der Waals surface area contributed by atoms with Crippen LogP contribution in [0.5, 0.6) is 5.75 Å². The first-order valence-corrected chi connectivity index (χ1v) is 8.32. The number of halogens is 1. The number of benzene rings is 1. The lowest BCUT2D eigenvalue weighted by Gasteiger charge is -2.15. The van der Waals surface area contributed by atoms with Crippen molar-refractivity contribution < 1.29 is 14.3 Å². The molecule has 2 aromatic rings. The zero-order valence-corrected chi connectivity index (χ0v) is 15.8. The van der Waals surface area contributed by atoms with Gasteiger partial charge in [0.05, 0.1) is 30.1 Å². The number of anilines is 1. The minimum atomic E-state index is -0.197. The molecule has 0 saturated heterocycles. The van der Waals surface area contributed by atoms with Gasteiger partial charge in [-0.1, -0.05) is 11.6 Å². The predicted molar refractivity (Wildman–Crippen MR) is 97.7 cm³/mol. The average Bonchev–Trinajstić information content (AvgIpc) is 2.82. The topological polar surface area (TPSA) is 73.2 Å². The van der Waals surface area contributed by atoms with Gasteiger partial charge in [-0.3, -0.25) is 14.3 Å². The fourth-order valence-electron chi connectivity index (χ4n) is 2.94. The van der Waals surface area contributed by atoms with Crippen LogP contribution in [0.1, 0.15) is 48.1 Å². The van der Waals surface area contributed by atoms with Crippen LogP contribution >= 0.6 is 11.6 Å². The van der Waals surface area contributed by atoms with Gasteiger partial charge in [0.1, 0.15) is 5.75 Å². The number of carbonyl (C=O) groups is 2. The molecule has 0 aliphatic rings. The van der Waals surface area contributed by atoms with E-state index in [4.69, 9.17) is 16.3 Å².